The Hall–Kier alpha value is -3.33. The molecule has 0 aromatic heterocycles. The number of nitrogens with zero attached hydrogens (tertiary/aromatic N) is 2. The number of hydrazone groups is 1. The fourth-order valence-corrected chi connectivity index (χ4v) is 3.54. The smallest absolute Gasteiger partial charge is 0.311 e. The van der Waals surface area contributed by atoms with E-state index in [9.17, 15) is 20.0 Å². The van der Waals surface area contributed by atoms with Crippen molar-refractivity contribution < 1.29 is 14.8 Å². The van der Waals surface area contributed by atoms with Gasteiger partial charge in [-0.15, -0.1) is 0 Å². The summed E-state index contributed by atoms with van der Waals surface area (Å²) < 4.78 is 0. The van der Waals surface area contributed by atoms with Crippen LogP contribution in [0.25, 0.3) is 6.08 Å². The van der Waals surface area contributed by atoms with E-state index < -0.39 is 21.9 Å². The van der Waals surface area contributed by atoms with Gasteiger partial charge < -0.3 is 10.4 Å². The van der Waals surface area contributed by atoms with Gasteiger partial charge in [0.2, 0.25) is 0 Å². The molecule has 0 radical (unpaired) electrons. The second-order valence-corrected chi connectivity index (χ2v) is 7.84. The van der Waals surface area contributed by atoms with Crippen LogP contribution in [0.15, 0.2) is 52.5 Å². The van der Waals surface area contributed by atoms with Crippen LogP contribution in [0, 0.1) is 10.1 Å². The first-order valence-corrected chi connectivity index (χ1v) is 9.76. The Balaban J connectivity index is 1.63. The molecule has 3 N–H and O–H groups in total. The van der Waals surface area contributed by atoms with Crippen molar-refractivity contribution >= 4 is 35.6 Å². The Morgan fingerprint density at radius 1 is 1.24 bits per heavy atom. The number of thioether (sulfide) groups is 1. The number of nitro benzene ring substituents is 1. The molecule has 1 amide bonds. The summed E-state index contributed by atoms with van der Waals surface area (Å²) in [5.41, 5.74) is 4.63. The number of phenols is 1. The molecule has 1 fully saturated rings. The van der Waals surface area contributed by atoms with Crippen molar-refractivity contribution in [2.45, 2.75) is 25.3 Å². The van der Waals surface area contributed by atoms with Crippen LogP contribution in [-0.4, -0.2) is 27.6 Å². The van der Waals surface area contributed by atoms with E-state index in [0.29, 0.717) is 16.4 Å². The quantitative estimate of drug-likeness (QED) is 0.289. The fraction of sp³-hybridized carbons (Fsp3) is 0.200. The largest absolute Gasteiger partial charge is 0.502 e. The molecule has 0 spiro atoms. The lowest BCUT2D eigenvalue weighted by atomic mass is 10.0. The molecule has 29 heavy (non-hydrogen) atoms. The molecule has 1 unspecified atom stereocenters. The first-order chi connectivity index (χ1) is 13.8. The third-order valence-electron chi connectivity index (χ3n) is 4.23. The predicted molar refractivity (Wildman–Crippen MR) is 114 cm³/mol. The van der Waals surface area contributed by atoms with Crippen LogP contribution < -0.4 is 10.7 Å². The van der Waals surface area contributed by atoms with Crippen molar-refractivity contribution in [3.05, 3.63) is 74.2 Å². The van der Waals surface area contributed by atoms with Gasteiger partial charge in [-0.3, -0.25) is 20.3 Å². The Labute approximate surface area is 171 Å². The highest BCUT2D eigenvalue weighted by molar-refractivity contribution is 8.05. The lowest BCUT2D eigenvalue weighted by molar-refractivity contribution is -0.385. The SMILES string of the molecule is CC(C)c1ccc(C=NNC2NC(=O)C(=Cc3ccc(O)c([N+](=O)[O-])c3)S2)cc1. The zero-order valence-corrected chi connectivity index (χ0v) is 16.6. The van der Waals surface area contributed by atoms with Crippen LogP contribution in [-0.2, 0) is 4.79 Å². The van der Waals surface area contributed by atoms with Gasteiger partial charge in [-0.05, 0) is 34.8 Å². The number of nitrogens with one attached hydrogen (secondary N) is 2. The van der Waals surface area contributed by atoms with E-state index in [1.165, 1.54) is 41.6 Å². The minimum atomic E-state index is -0.675. The predicted octanol–water partition coefficient (Wildman–Crippen LogP) is 3.54. The van der Waals surface area contributed by atoms with E-state index in [0.717, 1.165) is 5.56 Å². The Kier molecular flexibility index (Phi) is 6.18. The van der Waals surface area contributed by atoms with Crippen molar-refractivity contribution in [1.82, 2.24) is 10.7 Å². The average molecular weight is 412 g/mol. The summed E-state index contributed by atoms with van der Waals surface area (Å²) in [5.74, 6) is -0.264. The lowest BCUT2D eigenvalue weighted by Gasteiger charge is -2.07. The molecule has 3 rings (SSSR count). The van der Waals surface area contributed by atoms with Gasteiger partial charge in [0, 0.05) is 6.07 Å². The van der Waals surface area contributed by atoms with Gasteiger partial charge in [0.1, 0.15) is 0 Å². The number of nitro groups is 1. The van der Waals surface area contributed by atoms with Crippen LogP contribution in [0.2, 0.25) is 0 Å². The summed E-state index contributed by atoms with van der Waals surface area (Å²) in [6.07, 6.45) is 3.20. The monoisotopic (exact) mass is 412 g/mol. The molecular formula is C20H20N4O4S. The first-order valence-electron chi connectivity index (χ1n) is 8.88. The number of amides is 1. The van der Waals surface area contributed by atoms with Gasteiger partial charge in [0.25, 0.3) is 5.91 Å². The lowest BCUT2D eigenvalue weighted by Crippen LogP contribution is -2.34. The second-order valence-electron chi connectivity index (χ2n) is 6.69. The van der Waals surface area contributed by atoms with Gasteiger partial charge in [-0.2, -0.15) is 5.10 Å². The van der Waals surface area contributed by atoms with Crippen molar-refractivity contribution in [1.29, 1.82) is 0 Å². The molecule has 0 aliphatic carbocycles. The molecular weight excluding hydrogens is 392 g/mol. The minimum absolute atomic E-state index is 0.306. The molecule has 150 valence electrons. The van der Waals surface area contributed by atoms with Crippen molar-refractivity contribution in [3.8, 4) is 5.75 Å². The second kappa shape index (κ2) is 8.78. The average Bonchev–Trinajstić information content (AvgIpc) is 3.02. The van der Waals surface area contributed by atoms with Crippen molar-refractivity contribution in [2.75, 3.05) is 0 Å². The fourth-order valence-electron chi connectivity index (χ4n) is 2.63. The summed E-state index contributed by atoms with van der Waals surface area (Å²) in [6, 6.07) is 12.0. The van der Waals surface area contributed by atoms with E-state index in [2.05, 4.69) is 41.8 Å². The maximum absolute atomic E-state index is 12.1. The Morgan fingerprint density at radius 3 is 2.59 bits per heavy atom. The van der Waals surface area contributed by atoms with Crippen LogP contribution in [0.4, 0.5) is 5.69 Å². The van der Waals surface area contributed by atoms with Crippen molar-refractivity contribution in [2.24, 2.45) is 5.10 Å². The highest BCUT2D eigenvalue weighted by atomic mass is 32.2. The highest BCUT2D eigenvalue weighted by Crippen LogP contribution is 2.31. The molecule has 8 nitrogen and oxygen atoms in total. The summed E-state index contributed by atoms with van der Waals surface area (Å²) in [5, 5.41) is 27.3. The molecule has 1 heterocycles. The van der Waals surface area contributed by atoms with E-state index in [1.54, 1.807) is 6.21 Å². The van der Waals surface area contributed by atoms with Crippen LogP contribution >= 0.6 is 11.8 Å². The van der Waals surface area contributed by atoms with Crippen LogP contribution in [0.3, 0.4) is 0 Å². The molecule has 1 atom stereocenters. The number of carbonyl (C=O) groups excluding carboxylic acids is 1. The summed E-state index contributed by atoms with van der Waals surface area (Å²) in [6.45, 7) is 4.26. The number of hydrogen-bond acceptors (Lipinski definition) is 7. The standard InChI is InChI=1S/C20H20N4O4S/c1-12(2)15-6-3-13(4-7-15)11-21-23-20-22-19(26)18(29-20)10-14-5-8-17(25)16(9-14)24(27)28/h3-12,20,23,25H,1-2H3,(H,22,26). The number of carbonyl (C=O) groups is 1. The van der Waals surface area contributed by atoms with E-state index in [1.807, 2.05) is 12.1 Å². The number of hydrogen-bond donors (Lipinski definition) is 3. The van der Waals surface area contributed by atoms with Gasteiger partial charge in [0.15, 0.2) is 11.2 Å². The van der Waals surface area contributed by atoms with Crippen LogP contribution in [0.1, 0.15) is 36.5 Å². The minimum Gasteiger partial charge on any atom is -0.502 e. The zero-order chi connectivity index (χ0) is 21.0. The molecule has 1 aliphatic rings. The van der Waals surface area contributed by atoms with Crippen molar-refractivity contribution in [3.63, 3.8) is 0 Å². The number of rotatable bonds is 6. The summed E-state index contributed by atoms with van der Waals surface area (Å²) in [7, 11) is 0. The molecule has 0 bridgehead atoms. The molecule has 2 aromatic carbocycles. The topological polar surface area (TPSA) is 117 Å². The van der Waals surface area contributed by atoms with Crippen LogP contribution in [0.5, 0.6) is 5.75 Å². The maximum atomic E-state index is 12.1. The Bertz CT molecular complexity index is 986. The zero-order valence-electron chi connectivity index (χ0n) is 15.8. The van der Waals surface area contributed by atoms with Gasteiger partial charge >= 0.3 is 5.69 Å². The van der Waals surface area contributed by atoms with E-state index in [4.69, 9.17) is 0 Å². The number of benzene rings is 2. The third-order valence-corrected chi connectivity index (χ3v) is 5.25. The highest BCUT2D eigenvalue weighted by Gasteiger charge is 2.27. The molecule has 9 heteroatoms. The van der Waals surface area contributed by atoms with Gasteiger partial charge in [0.05, 0.1) is 16.0 Å². The maximum Gasteiger partial charge on any atom is 0.311 e. The van der Waals surface area contributed by atoms with E-state index >= 15 is 0 Å². The number of aromatic hydroxyl groups is 1. The molecule has 1 aliphatic heterocycles. The summed E-state index contributed by atoms with van der Waals surface area (Å²) >= 11 is 1.22. The number of phenolic OH excluding ortho intramolecular Hbond substituents is 1. The first kappa shape index (κ1) is 20.4. The normalized spacial score (nSPS) is 17.8. The Morgan fingerprint density at radius 2 is 1.93 bits per heavy atom. The van der Waals surface area contributed by atoms with Gasteiger partial charge in [-0.25, -0.2) is 0 Å². The molecule has 1 saturated heterocycles. The molecule has 2 aromatic rings. The summed E-state index contributed by atoms with van der Waals surface area (Å²) in [4.78, 5) is 22.8. The van der Waals surface area contributed by atoms with Gasteiger partial charge in [-0.1, -0.05) is 55.9 Å². The van der Waals surface area contributed by atoms with E-state index in [-0.39, 0.29) is 5.91 Å². The molecule has 0 saturated carbocycles. The third kappa shape index (κ3) is 5.14.